The van der Waals surface area contributed by atoms with Crippen molar-refractivity contribution in [3.8, 4) is 0 Å². The Kier molecular flexibility index (Phi) is 4.45. The highest BCUT2D eigenvalue weighted by Crippen LogP contribution is 2.21. The third-order valence-corrected chi connectivity index (χ3v) is 2.77. The van der Waals surface area contributed by atoms with Gasteiger partial charge in [0.1, 0.15) is 6.04 Å². The van der Waals surface area contributed by atoms with E-state index in [-0.39, 0.29) is 17.4 Å². The summed E-state index contributed by atoms with van der Waals surface area (Å²) < 4.78 is 0. The predicted molar refractivity (Wildman–Crippen MR) is 79.0 cm³/mol. The molecule has 0 radical (unpaired) electrons. The first kappa shape index (κ1) is 14.4. The molecule has 0 unspecified atom stereocenters. The fourth-order valence-electron chi connectivity index (χ4n) is 1.70. The summed E-state index contributed by atoms with van der Waals surface area (Å²) in [7, 11) is 0. The van der Waals surface area contributed by atoms with Gasteiger partial charge in [-0.1, -0.05) is 18.2 Å². The number of benzene rings is 1. The molecule has 2 N–H and O–H groups in total. The second kappa shape index (κ2) is 6.47. The number of aromatic nitrogens is 1. The van der Waals surface area contributed by atoms with Crippen LogP contribution in [0.2, 0.25) is 0 Å². The molecule has 21 heavy (non-hydrogen) atoms. The molecule has 2 aromatic rings. The van der Waals surface area contributed by atoms with Gasteiger partial charge in [-0.2, -0.15) is 0 Å². The number of hydrogen-bond acceptors (Lipinski definition) is 5. The maximum absolute atomic E-state index is 12.0. The van der Waals surface area contributed by atoms with Gasteiger partial charge in [-0.3, -0.25) is 14.9 Å². The Morgan fingerprint density at radius 2 is 1.95 bits per heavy atom. The van der Waals surface area contributed by atoms with Crippen molar-refractivity contribution in [2.45, 2.75) is 13.0 Å². The van der Waals surface area contributed by atoms with Crippen molar-refractivity contribution in [2.24, 2.45) is 0 Å². The van der Waals surface area contributed by atoms with E-state index in [1.165, 1.54) is 18.3 Å². The summed E-state index contributed by atoms with van der Waals surface area (Å²) >= 11 is 0. The van der Waals surface area contributed by atoms with Crippen LogP contribution in [-0.2, 0) is 4.79 Å². The monoisotopic (exact) mass is 286 g/mol. The molecular formula is C14H14N4O3. The number of nitrogens with zero attached hydrogens (tertiary/aromatic N) is 2. The van der Waals surface area contributed by atoms with Gasteiger partial charge in [0.2, 0.25) is 11.7 Å². The number of para-hydroxylation sites is 1. The van der Waals surface area contributed by atoms with E-state index in [2.05, 4.69) is 15.6 Å². The summed E-state index contributed by atoms with van der Waals surface area (Å²) in [6.07, 6.45) is 1.43. The number of anilines is 2. The zero-order chi connectivity index (χ0) is 15.2. The molecule has 0 aliphatic rings. The lowest BCUT2D eigenvalue weighted by atomic mass is 10.2. The molecule has 0 aliphatic heterocycles. The summed E-state index contributed by atoms with van der Waals surface area (Å²) in [6, 6.07) is 11.1. The van der Waals surface area contributed by atoms with Gasteiger partial charge < -0.3 is 10.6 Å². The van der Waals surface area contributed by atoms with Crippen molar-refractivity contribution in [2.75, 3.05) is 10.6 Å². The van der Waals surface area contributed by atoms with Crippen molar-refractivity contribution in [1.29, 1.82) is 0 Å². The van der Waals surface area contributed by atoms with Crippen LogP contribution in [-0.4, -0.2) is 21.9 Å². The van der Waals surface area contributed by atoms with Gasteiger partial charge in [-0.05, 0) is 25.1 Å². The molecule has 0 spiro atoms. The van der Waals surface area contributed by atoms with E-state index in [1.54, 1.807) is 31.2 Å². The minimum Gasteiger partial charge on any atom is -0.353 e. The third-order valence-electron chi connectivity index (χ3n) is 2.77. The van der Waals surface area contributed by atoms with Gasteiger partial charge in [0.15, 0.2) is 0 Å². The molecule has 108 valence electrons. The van der Waals surface area contributed by atoms with E-state index in [9.17, 15) is 14.9 Å². The minimum atomic E-state index is -0.668. The van der Waals surface area contributed by atoms with Crippen molar-refractivity contribution >= 4 is 23.1 Å². The average Bonchev–Trinajstić information content (AvgIpc) is 2.48. The van der Waals surface area contributed by atoms with Gasteiger partial charge in [0.25, 0.3) is 0 Å². The summed E-state index contributed by atoms with van der Waals surface area (Å²) in [6.45, 7) is 1.61. The molecule has 1 amide bonds. The molecule has 1 aromatic carbocycles. The Balaban J connectivity index is 2.06. The maximum atomic E-state index is 12.0. The predicted octanol–water partition coefficient (Wildman–Crippen LogP) is 2.43. The number of nitro groups is 1. The summed E-state index contributed by atoms with van der Waals surface area (Å²) in [5.74, 6) is -0.237. The molecule has 0 fully saturated rings. The molecule has 0 saturated heterocycles. The fraction of sp³-hybridized carbons (Fsp3) is 0.143. The van der Waals surface area contributed by atoms with Crippen molar-refractivity contribution in [3.05, 3.63) is 58.8 Å². The molecule has 0 bridgehead atoms. The first-order chi connectivity index (χ1) is 10.1. The van der Waals surface area contributed by atoms with E-state index in [0.29, 0.717) is 5.69 Å². The summed E-state index contributed by atoms with van der Waals surface area (Å²) in [4.78, 5) is 26.3. The normalized spacial score (nSPS) is 11.5. The van der Waals surface area contributed by atoms with Crippen molar-refractivity contribution in [3.63, 3.8) is 0 Å². The zero-order valence-corrected chi connectivity index (χ0v) is 11.3. The molecule has 0 aliphatic carbocycles. The zero-order valence-electron chi connectivity index (χ0n) is 11.3. The lowest BCUT2D eigenvalue weighted by Crippen LogP contribution is -2.32. The third kappa shape index (κ3) is 3.75. The van der Waals surface area contributed by atoms with Gasteiger partial charge >= 0.3 is 5.69 Å². The van der Waals surface area contributed by atoms with Gasteiger partial charge in [-0.25, -0.2) is 4.98 Å². The standard InChI is InChI=1S/C14H14N4O3/c1-10(14(19)17-11-6-3-2-4-7-11)16-13-12(18(20)21)8-5-9-15-13/h2-10H,1H3,(H,15,16)(H,17,19)/t10-/m1/s1. The maximum Gasteiger partial charge on any atom is 0.311 e. The largest absolute Gasteiger partial charge is 0.353 e. The molecule has 1 aromatic heterocycles. The van der Waals surface area contributed by atoms with E-state index in [4.69, 9.17) is 0 Å². The summed E-state index contributed by atoms with van der Waals surface area (Å²) in [5.41, 5.74) is 0.489. The lowest BCUT2D eigenvalue weighted by Gasteiger charge is -2.14. The molecule has 2 rings (SSSR count). The quantitative estimate of drug-likeness (QED) is 0.650. The van der Waals surface area contributed by atoms with E-state index >= 15 is 0 Å². The average molecular weight is 286 g/mol. The lowest BCUT2D eigenvalue weighted by molar-refractivity contribution is -0.384. The van der Waals surface area contributed by atoms with Crippen LogP contribution >= 0.6 is 0 Å². The van der Waals surface area contributed by atoms with Crippen LogP contribution in [0.1, 0.15) is 6.92 Å². The second-order valence-corrected chi connectivity index (χ2v) is 4.35. The van der Waals surface area contributed by atoms with Crippen LogP contribution in [0.25, 0.3) is 0 Å². The Hall–Kier alpha value is -2.96. The Bertz CT molecular complexity index is 646. The molecule has 1 heterocycles. The number of nitrogens with one attached hydrogen (secondary N) is 2. The smallest absolute Gasteiger partial charge is 0.311 e. The number of amides is 1. The van der Waals surface area contributed by atoms with Crippen LogP contribution in [0, 0.1) is 10.1 Å². The number of pyridine rings is 1. The Morgan fingerprint density at radius 1 is 1.24 bits per heavy atom. The first-order valence-corrected chi connectivity index (χ1v) is 6.30. The number of carbonyl (C=O) groups is 1. The molecular weight excluding hydrogens is 272 g/mol. The van der Waals surface area contributed by atoms with Crippen LogP contribution in [0.4, 0.5) is 17.2 Å². The van der Waals surface area contributed by atoms with E-state index in [0.717, 1.165) is 0 Å². The topological polar surface area (TPSA) is 97.2 Å². The first-order valence-electron chi connectivity index (χ1n) is 6.30. The number of carbonyl (C=O) groups excluding carboxylic acids is 1. The van der Waals surface area contributed by atoms with E-state index < -0.39 is 11.0 Å². The summed E-state index contributed by atoms with van der Waals surface area (Å²) in [5, 5.41) is 16.3. The minimum absolute atomic E-state index is 0.0678. The van der Waals surface area contributed by atoms with Gasteiger partial charge in [-0.15, -0.1) is 0 Å². The van der Waals surface area contributed by atoms with Crippen molar-refractivity contribution < 1.29 is 9.72 Å². The Labute approximate surface area is 121 Å². The molecule has 7 nitrogen and oxygen atoms in total. The highest BCUT2D eigenvalue weighted by Gasteiger charge is 2.19. The van der Waals surface area contributed by atoms with Crippen LogP contribution < -0.4 is 10.6 Å². The number of hydrogen-bond donors (Lipinski definition) is 2. The van der Waals surface area contributed by atoms with Gasteiger partial charge in [0.05, 0.1) is 4.92 Å². The second-order valence-electron chi connectivity index (χ2n) is 4.35. The molecule has 1 atom stereocenters. The van der Waals surface area contributed by atoms with Crippen LogP contribution in [0.15, 0.2) is 48.7 Å². The number of rotatable bonds is 5. The van der Waals surface area contributed by atoms with Crippen molar-refractivity contribution in [1.82, 2.24) is 4.98 Å². The van der Waals surface area contributed by atoms with Crippen LogP contribution in [0.3, 0.4) is 0 Å². The fourth-order valence-corrected chi connectivity index (χ4v) is 1.70. The van der Waals surface area contributed by atoms with Gasteiger partial charge in [0, 0.05) is 18.0 Å². The molecule has 0 saturated carbocycles. The SMILES string of the molecule is C[C@@H](Nc1ncccc1[N+](=O)[O-])C(=O)Nc1ccccc1. The highest BCUT2D eigenvalue weighted by atomic mass is 16.6. The Morgan fingerprint density at radius 3 is 2.62 bits per heavy atom. The molecule has 7 heteroatoms. The highest BCUT2D eigenvalue weighted by molar-refractivity contribution is 5.96. The van der Waals surface area contributed by atoms with Crippen LogP contribution in [0.5, 0.6) is 0 Å². The van der Waals surface area contributed by atoms with E-state index in [1.807, 2.05) is 6.07 Å².